The number of likely N-dealkylation sites (tertiary alicyclic amines) is 1. The number of nitrogens with one attached hydrogen (secondary N) is 1. The molecule has 2 aromatic heterocycles. The summed E-state index contributed by atoms with van der Waals surface area (Å²) in [7, 11) is 1.59. The maximum Gasteiger partial charge on any atom is 0.410 e. The Morgan fingerprint density at radius 1 is 1.05 bits per heavy atom. The van der Waals surface area contributed by atoms with E-state index in [4.69, 9.17) is 18.9 Å². The van der Waals surface area contributed by atoms with E-state index in [-0.39, 0.29) is 18.1 Å². The van der Waals surface area contributed by atoms with Crippen molar-refractivity contribution in [3.63, 3.8) is 0 Å². The van der Waals surface area contributed by atoms with Gasteiger partial charge in [-0.2, -0.15) is 0 Å². The Morgan fingerprint density at radius 2 is 1.82 bits per heavy atom. The summed E-state index contributed by atoms with van der Waals surface area (Å²) in [5.41, 5.74) is 0.911. The van der Waals surface area contributed by atoms with Gasteiger partial charge in [-0.1, -0.05) is 11.3 Å². The highest BCUT2D eigenvalue weighted by Gasteiger charge is 2.28. The second-order valence-corrected chi connectivity index (χ2v) is 12.8. The van der Waals surface area contributed by atoms with Crippen LogP contribution in [0.5, 0.6) is 17.2 Å². The predicted molar refractivity (Wildman–Crippen MR) is 164 cm³/mol. The van der Waals surface area contributed by atoms with E-state index in [9.17, 15) is 14.4 Å². The number of rotatable bonds is 9. The molecule has 1 N–H and O–H groups in total. The number of hydrogen-bond acceptors (Lipinski definition) is 10. The zero-order chi connectivity index (χ0) is 31.4. The molecule has 3 amide bonds. The van der Waals surface area contributed by atoms with E-state index in [1.54, 1.807) is 47.2 Å². The number of nitrogens with zero attached hydrogens (tertiary/aromatic N) is 4. The molecule has 1 aromatic carbocycles. The van der Waals surface area contributed by atoms with Crippen molar-refractivity contribution in [2.75, 3.05) is 38.7 Å². The molecule has 0 saturated carbocycles. The van der Waals surface area contributed by atoms with Gasteiger partial charge in [0.05, 0.1) is 25.0 Å². The van der Waals surface area contributed by atoms with Gasteiger partial charge >= 0.3 is 6.09 Å². The van der Waals surface area contributed by atoms with Gasteiger partial charge in [0.25, 0.3) is 11.8 Å². The first-order chi connectivity index (χ1) is 21.0. The highest BCUT2D eigenvalue weighted by atomic mass is 32.1. The molecule has 44 heavy (non-hydrogen) atoms. The number of carbonyl (C=O) groups is 3. The van der Waals surface area contributed by atoms with Crippen molar-refractivity contribution >= 4 is 34.4 Å². The summed E-state index contributed by atoms with van der Waals surface area (Å²) in [4.78, 5) is 51.6. The molecule has 4 heterocycles. The molecule has 0 radical (unpaired) electrons. The van der Waals surface area contributed by atoms with Gasteiger partial charge < -0.3 is 28.7 Å². The lowest BCUT2D eigenvalue weighted by Crippen LogP contribution is -2.42. The van der Waals surface area contributed by atoms with Gasteiger partial charge in [-0.25, -0.2) is 14.8 Å². The summed E-state index contributed by atoms with van der Waals surface area (Å²) in [6.07, 6.45) is 2.40. The molecule has 1 saturated heterocycles. The van der Waals surface area contributed by atoms with Gasteiger partial charge in [-0.05, 0) is 58.4 Å². The van der Waals surface area contributed by atoms with E-state index in [1.165, 1.54) is 17.5 Å². The molecule has 234 valence electrons. The number of carbonyl (C=O) groups excluding carboxylic acids is 3. The number of hydrogen-bond donors (Lipinski definition) is 1. The first kappa shape index (κ1) is 31.2. The second kappa shape index (κ2) is 13.2. The fourth-order valence-electron chi connectivity index (χ4n) is 4.62. The topological polar surface area (TPSA) is 132 Å². The number of pyridine rings is 1. The predicted octanol–water partition coefficient (Wildman–Crippen LogP) is 5.14. The Bertz CT molecular complexity index is 1510. The quantitative estimate of drug-likeness (QED) is 0.344. The molecule has 1 fully saturated rings. The largest absolute Gasteiger partial charge is 0.488 e. The van der Waals surface area contributed by atoms with Crippen LogP contribution in [0, 0.1) is 0 Å². The fraction of sp³-hybridized carbons (Fsp3) is 0.452. The fourth-order valence-corrected chi connectivity index (χ4v) is 5.63. The first-order valence-corrected chi connectivity index (χ1v) is 15.3. The van der Waals surface area contributed by atoms with Crippen molar-refractivity contribution < 1.29 is 33.3 Å². The average molecular weight is 624 g/mol. The van der Waals surface area contributed by atoms with Crippen LogP contribution in [0.1, 0.15) is 65.5 Å². The highest BCUT2D eigenvalue weighted by molar-refractivity contribution is 7.15. The zero-order valence-corrected chi connectivity index (χ0v) is 26.4. The Balaban J connectivity index is 1.31. The number of benzene rings is 1. The molecule has 0 aliphatic carbocycles. The van der Waals surface area contributed by atoms with E-state index in [1.807, 2.05) is 27.7 Å². The number of anilines is 1. The first-order valence-electron chi connectivity index (χ1n) is 14.5. The van der Waals surface area contributed by atoms with E-state index < -0.39 is 11.5 Å². The lowest BCUT2D eigenvalue weighted by Gasteiger charge is -2.30. The van der Waals surface area contributed by atoms with E-state index >= 15 is 0 Å². The van der Waals surface area contributed by atoms with Crippen molar-refractivity contribution in [3.05, 3.63) is 58.4 Å². The van der Waals surface area contributed by atoms with E-state index in [2.05, 4.69) is 15.3 Å². The summed E-state index contributed by atoms with van der Waals surface area (Å²) >= 11 is 1.33. The van der Waals surface area contributed by atoms with Crippen molar-refractivity contribution in [2.45, 2.75) is 58.8 Å². The minimum absolute atomic E-state index is 0.106. The molecule has 12 nitrogen and oxygen atoms in total. The van der Waals surface area contributed by atoms with Gasteiger partial charge in [-0.15, -0.1) is 0 Å². The van der Waals surface area contributed by atoms with Gasteiger partial charge in [0.15, 0.2) is 5.13 Å². The molecule has 0 spiro atoms. The third-order valence-electron chi connectivity index (χ3n) is 6.82. The molecule has 1 unspecified atom stereocenters. The number of fused-ring (bicyclic) bond motifs is 1. The minimum atomic E-state index is -0.584. The van der Waals surface area contributed by atoms with Gasteiger partial charge in [-0.3, -0.25) is 14.9 Å². The maximum absolute atomic E-state index is 13.4. The monoisotopic (exact) mass is 623 g/mol. The SMILES string of the molecule is COCC(C)Oc1cc(Oc2ccc(C(=O)N3CCC3)nc2)cc(C(=O)Nc2nc3c(s2)CN(C(=O)OC(C)(C)C)CC3)c1. The smallest absolute Gasteiger partial charge is 0.410 e. The maximum atomic E-state index is 13.4. The van der Waals surface area contributed by atoms with Gasteiger partial charge in [0.1, 0.15) is 34.6 Å². The summed E-state index contributed by atoms with van der Waals surface area (Å²) in [5, 5.41) is 3.31. The van der Waals surface area contributed by atoms with Crippen LogP contribution in [-0.4, -0.2) is 82.7 Å². The summed E-state index contributed by atoms with van der Waals surface area (Å²) in [6.45, 7) is 10.0. The van der Waals surface area contributed by atoms with Gasteiger partial charge in [0, 0.05) is 49.7 Å². The molecule has 13 heteroatoms. The van der Waals surface area contributed by atoms with Crippen LogP contribution in [0.4, 0.5) is 9.93 Å². The average Bonchev–Trinajstić information content (AvgIpc) is 3.33. The summed E-state index contributed by atoms with van der Waals surface area (Å²) in [5.74, 6) is 0.670. The third-order valence-corrected chi connectivity index (χ3v) is 7.82. The number of aromatic nitrogens is 2. The van der Waals surface area contributed by atoms with Crippen LogP contribution in [0.15, 0.2) is 36.5 Å². The minimum Gasteiger partial charge on any atom is -0.488 e. The molecule has 3 aromatic rings. The second-order valence-electron chi connectivity index (χ2n) is 11.7. The van der Waals surface area contributed by atoms with Crippen LogP contribution in [-0.2, 0) is 22.4 Å². The highest BCUT2D eigenvalue weighted by Crippen LogP contribution is 2.32. The Labute approximate surface area is 260 Å². The van der Waals surface area contributed by atoms with Crippen molar-refractivity contribution in [1.82, 2.24) is 19.8 Å². The molecule has 0 bridgehead atoms. The van der Waals surface area contributed by atoms with Crippen molar-refractivity contribution in [2.24, 2.45) is 0 Å². The number of amides is 3. The van der Waals surface area contributed by atoms with Crippen molar-refractivity contribution in [1.29, 1.82) is 0 Å². The van der Waals surface area contributed by atoms with Gasteiger partial charge in [0.2, 0.25) is 0 Å². The zero-order valence-electron chi connectivity index (χ0n) is 25.5. The van der Waals surface area contributed by atoms with Crippen LogP contribution in [0.2, 0.25) is 0 Å². The third kappa shape index (κ3) is 7.83. The van der Waals surface area contributed by atoms with E-state index in [0.29, 0.717) is 59.8 Å². The Kier molecular flexibility index (Phi) is 9.35. The lowest BCUT2D eigenvalue weighted by atomic mass is 10.2. The molecule has 5 rings (SSSR count). The molecule has 2 aliphatic rings. The van der Waals surface area contributed by atoms with Crippen LogP contribution in [0.25, 0.3) is 0 Å². The molecular weight excluding hydrogens is 586 g/mol. The van der Waals surface area contributed by atoms with Crippen LogP contribution in [0.3, 0.4) is 0 Å². The van der Waals surface area contributed by atoms with Crippen molar-refractivity contribution in [3.8, 4) is 17.2 Å². The van der Waals surface area contributed by atoms with E-state index in [0.717, 1.165) is 30.1 Å². The number of methoxy groups -OCH3 is 1. The standard InChI is InChI=1S/C31H37N5O7S/c1-19(18-40-5)41-22-13-20(14-23(15-22)42-21-7-8-25(32-16-21)28(38)35-10-6-11-35)27(37)34-29-33-24-9-12-36(17-26(24)44-29)30(39)43-31(2,3)4/h7-8,13-16,19H,6,9-12,17-18H2,1-5H3,(H,33,34,37). The van der Waals surface area contributed by atoms with Crippen LogP contribution < -0.4 is 14.8 Å². The lowest BCUT2D eigenvalue weighted by molar-refractivity contribution is 0.0225. The summed E-state index contributed by atoms with van der Waals surface area (Å²) < 4.78 is 22.7. The molecular formula is C31H37N5O7S. The number of thiazole rings is 1. The Hall–Kier alpha value is -4.23. The van der Waals surface area contributed by atoms with Crippen LogP contribution >= 0.6 is 11.3 Å². The molecule has 2 aliphatic heterocycles. The Morgan fingerprint density at radius 3 is 2.48 bits per heavy atom. The normalized spacial score (nSPS) is 15.1. The number of ether oxygens (including phenoxy) is 4. The molecule has 1 atom stereocenters. The summed E-state index contributed by atoms with van der Waals surface area (Å²) in [6, 6.07) is 8.19.